The molecule has 3 atom stereocenters. The van der Waals surface area contributed by atoms with E-state index in [9.17, 15) is 34.2 Å². The standard InChI is InChI=1S/C22H29N7O7/c23-15(8-13-9-25-11-27-13)20(33)29-16(5-6-18(24)31)21(34)26-10-19(32)28-17(22(35)36)7-12-1-3-14(30)4-2-12/h1-4,9,11,15-17,30H,5-8,10,23H2,(H2,24,31)(H,25,27)(H,26,34)(H,28,32)(H,29,33)(H,35,36)/t15-,16-,17-/m0/s1. The zero-order valence-electron chi connectivity index (χ0n) is 19.3. The van der Waals surface area contributed by atoms with Crippen LogP contribution in [0.2, 0.25) is 0 Å². The molecule has 0 saturated heterocycles. The summed E-state index contributed by atoms with van der Waals surface area (Å²) in [5.74, 6) is -4.21. The van der Waals surface area contributed by atoms with Crippen LogP contribution in [0.5, 0.6) is 5.75 Å². The molecule has 0 radical (unpaired) electrons. The van der Waals surface area contributed by atoms with Gasteiger partial charge in [0.2, 0.25) is 23.6 Å². The van der Waals surface area contributed by atoms with Gasteiger partial charge in [-0.1, -0.05) is 12.1 Å². The molecule has 0 aliphatic heterocycles. The second-order valence-corrected chi connectivity index (χ2v) is 8.00. The molecule has 0 unspecified atom stereocenters. The lowest BCUT2D eigenvalue weighted by atomic mass is 10.1. The van der Waals surface area contributed by atoms with Gasteiger partial charge in [0, 0.05) is 31.2 Å². The van der Waals surface area contributed by atoms with Gasteiger partial charge in [0.25, 0.3) is 0 Å². The Morgan fingerprint density at radius 1 is 1.00 bits per heavy atom. The van der Waals surface area contributed by atoms with Crippen LogP contribution >= 0.6 is 0 Å². The molecule has 0 aliphatic rings. The zero-order valence-corrected chi connectivity index (χ0v) is 19.3. The number of carboxylic acids is 1. The number of hydrogen-bond donors (Lipinski definition) is 8. The fourth-order valence-corrected chi connectivity index (χ4v) is 3.16. The maximum atomic E-state index is 12.6. The number of amides is 4. The van der Waals surface area contributed by atoms with E-state index in [1.54, 1.807) is 0 Å². The van der Waals surface area contributed by atoms with E-state index in [0.29, 0.717) is 11.3 Å². The first-order chi connectivity index (χ1) is 17.0. The number of aromatic nitrogens is 2. The fraction of sp³-hybridized carbons (Fsp3) is 0.364. The van der Waals surface area contributed by atoms with E-state index in [-0.39, 0.29) is 31.4 Å². The van der Waals surface area contributed by atoms with Crippen molar-refractivity contribution in [3.63, 3.8) is 0 Å². The number of aromatic hydroxyl groups is 1. The molecule has 2 rings (SSSR count). The predicted octanol–water partition coefficient (Wildman–Crippen LogP) is -2.34. The highest BCUT2D eigenvalue weighted by Gasteiger charge is 2.26. The first kappa shape index (κ1) is 27.8. The number of primary amides is 1. The van der Waals surface area contributed by atoms with E-state index < -0.39 is 54.3 Å². The van der Waals surface area contributed by atoms with Crippen molar-refractivity contribution in [2.75, 3.05) is 6.54 Å². The number of carbonyl (C=O) groups is 5. The first-order valence-corrected chi connectivity index (χ1v) is 10.9. The number of phenolic OH excluding ortho intramolecular Hbond substituents is 1. The second kappa shape index (κ2) is 13.4. The molecule has 14 nitrogen and oxygen atoms in total. The summed E-state index contributed by atoms with van der Waals surface area (Å²) in [5.41, 5.74) is 12.2. The number of rotatable bonds is 14. The van der Waals surface area contributed by atoms with Crippen molar-refractivity contribution in [2.24, 2.45) is 11.5 Å². The number of carbonyl (C=O) groups excluding carboxylic acids is 4. The van der Waals surface area contributed by atoms with Gasteiger partial charge in [0.05, 0.1) is 18.9 Å². The van der Waals surface area contributed by atoms with E-state index in [0.717, 1.165) is 0 Å². The number of aliphatic carboxylic acids is 1. The topological polar surface area (TPSA) is 243 Å². The summed E-state index contributed by atoms with van der Waals surface area (Å²) < 4.78 is 0. The number of nitrogens with one attached hydrogen (secondary N) is 4. The van der Waals surface area contributed by atoms with E-state index in [2.05, 4.69) is 25.9 Å². The highest BCUT2D eigenvalue weighted by molar-refractivity contribution is 5.93. The summed E-state index contributed by atoms with van der Waals surface area (Å²) in [6.45, 7) is -0.582. The van der Waals surface area contributed by atoms with Crippen LogP contribution < -0.4 is 27.4 Å². The Labute approximate surface area is 205 Å². The van der Waals surface area contributed by atoms with Gasteiger partial charge in [-0.05, 0) is 24.1 Å². The molecule has 1 aromatic carbocycles. The normalized spacial score (nSPS) is 13.1. The number of hydrogen-bond acceptors (Lipinski definition) is 8. The summed E-state index contributed by atoms with van der Waals surface area (Å²) in [4.78, 5) is 66.7. The van der Waals surface area contributed by atoms with Gasteiger partial charge in [-0.25, -0.2) is 9.78 Å². The highest BCUT2D eigenvalue weighted by Crippen LogP contribution is 2.11. The number of nitrogens with two attached hydrogens (primary N) is 2. The van der Waals surface area contributed by atoms with E-state index in [4.69, 9.17) is 11.5 Å². The summed E-state index contributed by atoms with van der Waals surface area (Å²) in [7, 11) is 0. The lowest BCUT2D eigenvalue weighted by Gasteiger charge is -2.20. The molecule has 14 heteroatoms. The van der Waals surface area contributed by atoms with Crippen molar-refractivity contribution in [3.8, 4) is 5.75 Å². The van der Waals surface area contributed by atoms with Gasteiger partial charge in [-0.3, -0.25) is 19.2 Å². The van der Waals surface area contributed by atoms with Crippen molar-refractivity contribution in [3.05, 3.63) is 48.0 Å². The maximum absolute atomic E-state index is 12.6. The second-order valence-electron chi connectivity index (χ2n) is 8.00. The van der Waals surface area contributed by atoms with E-state index >= 15 is 0 Å². The highest BCUT2D eigenvalue weighted by atomic mass is 16.4. The molecular weight excluding hydrogens is 474 g/mol. The molecule has 2 aromatic rings. The van der Waals surface area contributed by atoms with Crippen LogP contribution in [0.3, 0.4) is 0 Å². The number of imidazole rings is 1. The van der Waals surface area contributed by atoms with Crippen LogP contribution in [0.25, 0.3) is 0 Å². The minimum Gasteiger partial charge on any atom is -0.508 e. The van der Waals surface area contributed by atoms with Crippen LogP contribution in [0.15, 0.2) is 36.8 Å². The molecule has 194 valence electrons. The number of phenols is 1. The molecule has 0 fully saturated rings. The molecule has 4 amide bonds. The Morgan fingerprint density at radius 2 is 1.69 bits per heavy atom. The smallest absolute Gasteiger partial charge is 0.326 e. The monoisotopic (exact) mass is 503 g/mol. The van der Waals surface area contributed by atoms with Crippen molar-refractivity contribution < 1.29 is 34.2 Å². The summed E-state index contributed by atoms with van der Waals surface area (Å²) in [6.07, 6.45) is 2.64. The Balaban J connectivity index is 1.93. The average molecular weight is 504 g/mol. The number of carboxylic acid groups (broad SMARTS) is 1. The van der Waals surface area contributed by atoms with Gasteiger partial charge in [0.1, 0.15) is 17.8 Å². The third kappa shape index (κ3) is 9.42. The van der Waals surface area contributed by atoms with Crippen LogP contribution in [-0.4, -0.2) is 74.4 Å². The molecule has 0 saturated carbocycles. The van der Waals surface area contributed by atoms with Crippen molar-refractivity contribution in [2.45, 2.75) is 43.8 Å². The summed E-state index contributed by atoms with van der Waals surface area (Å²) in [5, 5.41) is 25.8. The van der Waals surface area contributed by atoms with Gasteiger partial charge < -0.3 is 42.6 Å². The Kier molecular flexibility index (Phi) is 10.4. The van der Waals surface area contributed by atoms with Crippen LogP contribution in [0.1, 0.15) is 24.1 Å². The SMILES string of the molecule is NC(=O)CC[C@H](NC(=O)[C@@H](N)Cc1cnc[nH]1)C(=O)NCC(=O)N[C@@H](Cc1ccc(O)cc1)C(=O)O. The molecular formula is C22H29N7O7. The number of nitrogens with zero attached hydrogens (tertiary/aromatic N) is 1. The van der Waals surface area contributed by atoms with E-state index in [1.165, 1.54) is 36.8 Å². The molecule has 10 N–H and O–H groups in total. The van der Waals surface area contributed by atoms with E-state index in [1.807, 2.05) is 0 Å². The average Bonchev–Trinajstić information content (AvgIpc) is 3.33. The van der Waals surface area contributed by atoms with Crippen LogP contribution in [0, 0.1) is 0 Å². The van der Waals surface area contributed by atoms with Gasteiger partial charge >= 0.3 is 5.97 Å². The number of H-pyrrole nitrogens is 1. The lowest BCUT2D eigenvalue weighted by Crippen LogP contribution is -2.54. The third-order valence-corrected chi connectivity index (χ3v) is 5.08. The van der Waals surface area contributed by atoms with Crippen LogP contribution in [-0.2, 0) is 36.8 Å². The molecule has 0 bridgehead atoms. The van der Waals surface area contributed by atoms with Gasteiger partial charge in [0.15, 0.2) is 0 Å². The minimum absolute atomic E-state index is 0.0117. The fourth-order valence-electron chi connectivity index (χ4n) is 3.16. The largest absolute Gasteiger partial charge is 0.508 e. The Hall–Kier alpha value is -4.46. The molecule has 1 heterocycles. The third-order valence-electron chi connectivity index (χ3n) is 5.08. The van der Waals surface area contributed by atoms with Crippen molar-refractivity contribution in [1.29, 1.82) is 0 Å². The molecule has 36 heavy (non-hydrogen) atoms. The van der Waals surface area contributed by atoms with Crippen molar-refractivity contribution in [1.82, 2.24) is 25.9 Å². The minimum atomic E-state index is -1.29. The zero-order chi connectivity index (χ0) is 26.7. The van der Waals surface area contributed by atoms with Crippen molar-refractivity contribution >= 4 is 29.6 Å². The molecule has 0 spiro atoms. The van der Waals surface area contributed by atoms with Crippen LogP contribution in [0.4, 0.5) is 0 Å². The van der Waals surface area contributed by atoms with Gasteiger partial charge in [-0.15, -0.1) is 0 Å². The first-order valence-electron chi connectivity index (χ1n) is 10.9. The quantitative estimate of drug-likeness (QED) is 0.137. The summed E-state index contributed by atoms with van der Waals surface area (Å²) in [6, 6.07) is 2.29. The number of benzene rings is 1. The Morgan fingerprint density at radius 3 is 2.28 bits per heavy atom. The number of aromatic amines is 1. The Bertz CT molecular complexity index is 1060. The molecule has 0 aliphatic carbocycles. The molecule has 1 aromatic heterocycles. The predicted molar refractivity (Wildman–Crippen MR) is 125 cm³/mol. The lowest BCUT2D eigenvalue weighted by molar-refractivity contribution is -0.141. The summed E-state index contributed by atoms with van der Waals surface area (Å²) >= 11 is 0. The maximum Gasteiger partial charge on any atom is 0.326 e. The van der Waals surface area contributed by atoms with Gasteiger partial charge in [-0.2, -0.15) is 0 Å².